The molecule has 0 amide bonds. The van der Waals surface area contributed by atoms with Gasteiger partial charge < -0.3 is 15.2 Å². The van der Waals surface area contributed by atoms with Crippen LogP contribution >= 0.6 is 11.6 Å². The van der Waals surface area contributed by atoms with Crippen LogP contribution < -0.4 is 15.2 Å². The molecule has 5 nitrogen and oxygen atoms in total. The third-order valence-electron chi connectivity index (χ3n) is 3.04. The second-order valence-electron chi connectivity index (χ2n) is 4.38. The number of aromatic nitrogens is 2. The molecule has 3 rings (SSSR count). The Morgan fingerprint density at radius 3 is 2.84 bits per heavy atom. The number of nitrogens with zero attached hydrogens (tertiary/aromatic N) is 2. The summed E-state index contributed by atoms with van der Waals surface area (Å²) in [6.07, 6.45) is 0.843. The number of anilines is 1. The van der Waals surface area contributed by atoms with Crippen molar-refractivity contribution in [2.75, 3.05) is 18.9 Å². The molecule has 1 aromatic heterocycles. The van der Waals surface area contributed by atoms with Crippen molar-refractivity contribution in [3.05, 3.63) is 23.2 Å². The minimum absolute atomic E-state index is 0.568. The van der Waals surface area contributed by atoms with Gasteiger partial charge in [0.15, 0.2) is 11.5 Å². The summed E-state index contributed by atoms with van der Waals surface area (Å²) in [4.78, 5) is 0. The number of fused-ring (bicyclic) bond motifs is 1. The molecule has 100 valence electrons. The molecule has 1 aliphatic heterocycles. The van der Waals surface area contributed by atoms with E-state index < -0.39 is 0 Å². The van der Waals surface area contributed by atoms with Crippen LogP contribution in [0.2, 0.25) is 5.02 Å². The fourth-order valence-corrected chi connectivity index (χ4v) is 2.30. The molecule has 2 aromatic rings. The minimum Gasteiger partial charge on any atom is -0.490 e. The molecule has 2 N–H and O–H groups in total. The maximum atomic E-state index is 6.28. The van der Waals surface area contributed by atoms with E-state index in [-0.39, 0.29) is 0 Å². The molecule has 6 heteroatoms. The van der Waals surface area contributed by atoms with Crippen molar-refractivity contribution in [1.29, 1.82) is 0 Å². The number of nitrogen functional groups attached to an aromatic ring is 1. The molecular weight excluding hydrogens is 266 g/mol. The van der Waals surface area contributed by atoms with Crippen LogP contribution in [0.1, 0.15) is 6.42 Å². The first-order chi connectivity index (χ1) is 9.16. The van der Waals surface area contributed by atoms with Crippen LogP contribution in [0.15, 0.2) is 18.2 Å². The van der Waals surface area contributed by atoms with Crippen molar-refractivity contribution in [2.24, 2.45) is 7.05 Å². The lowest BCUT2D eigenvalue weighted by molar-refractivity contribution is 0.297. The first-order valence-electron chi connectivity index (χ1n) is 6.05. The summed E-state index contributed by atoms with van der Waals surface area (Å²) in [5.41, 5.74) is 7.24. The van der Waals surface area contributed by atoms with Crippen LogP contribution in [0.3, 0.4) is 0 Å². The Balaban J connectivity index is 2.19. The standard InChI is InChI=1S/C13H14ClN3O2/c1-17-11(15)7-9(16-17)12-8(14)3-4-10-13(12)19-6-2-5-18-10/h3-4,7H,2,5-6,15H2,1H3. The average Bonchev–Trinajstić information content (AvgIpc) is 2.61. The summed E-state index contributed by atoms with van der Waals surface area (Å²) in [7, 11) is 1.78. The summed E-state index contributed by atoms with van der Waals surface area (Å²) >= 11 is 6.28. The second kappa shape index (κ2) is 4.66. The number of halogens is 1. The Labute approximate surface area is 115 Å². The average molecular weight is 280 g/mol. The van der Waals surface area contributed by atoms with Crippen molar-refractivity contribution < 1.29 is 9.47 Å². The van der Waals surface area contributed by atoms with Gasteiger partial charge in [0.05, 0.1) is 29.5 Å². The van der Waals surface area contributed by atoms with E-state index >= 15 is 0 Å². The van der Waals surface area contributed by atoms with E-state index in [9.17, 15) is 0 Å². The quantitative estimate of drug-likeness (QED) is 0.871. The van der Waals surface area contributed by atoms with Gasteiger partial charge in [0.2, 0.25) is 0 Å². The zero-order valence-corrected chi connectivity index (χ0v) is 11.3. The van der Waals surface area contributed by atoms with E-state index in [1.165, 1.54) is 0 Å². The van der Waals surface area contributed by atoms with E-state index in [4.69, 9.17) is 26.8 Å². The highest BCUT2D eigenvalue weighted by Crippen LogP contribution is 2.43. The molecule has 0 aliphatic carbocycles. The normalized spacial score (nSPS) is 14.2. The van der Waals surface area contributed by atoms with Gasteiger partial charge in [-0.1, -0.05) is 11.6 Å². The number of hydrogen-bond donors (Lipinski definition) is 1. The molecular formula is C13H14ClN3O2. The van der Waals surface area contributed by atoms with Gasteiger partial charge >= 0.3 is 0 Å². The van der Waals surface area contributed by atoms with Crippen molar-refractivity contribution >= 4 is 17.4 Å². The lowest BCUT2D eigenvalue weighted by Gasteiger charge is -2.12. The van der Waals surface area contributed by atoms with Crippen LogP contribution in [0.25, 0.3) is 11.3 Å². The van der Waals surface area contributed by atoms with Crippen LogP contribution in [0.4, 0.5) is 5.82 Å². The van der Waals surface area contributed by atoms with Gasteiger partial charge in [0.25, 0.3) is 0 Å². The van der Waals surface area contributed by atoms with Gasteiger partial charge in [0.1, 0.15) is 5.82 Å². The Morgan fingerprint density at radius 1 is 1.32 bits per heavy atom. The zero-order valence-electron chi connectivity index (χ0n) is 10.5. The number of nitrogens with two attached hydrogens (primary N) is 1. The molecule has 0 radical (unpaired) electrons. The summed E-state index contributed by atoms with van der Waals surface area (Å²) in [5.74, 6) is 1.91. The van der Waals surface area contributed by atoms with E-state index in [1.54, 1.807) is 23.9 Å². The van der Waals surface area contributed by atoms with Crippen LogP contribution in [-0.4, -0.2) is 23.0 Å². The first-order valence-corrected chi connectivity index (χ1v) is 6.42. The molecule has 2 heterocycles. The first kappa shape index (κ1) is 12.2. The second-order valence-corrected chi connectivity index (χ2v) is 4.79. The maximum Gasteiger partial charge on any atom is 0.172 e. The highest BCUT2D eigenvalue weighted by Gasteiger charge is 2.21. The molecule has 19 heavy (non-hydrogen) atoms. The van der Waals surface area contributed by atoms with E-state index in [0.29, 0.717) is 41.2 Å². The number of rotatable bonds is 1. The number of ether oxygens (including phenoxy) is 2. The third-order valence-corrected chi connectivity index (χ3v) is 3.35. The molecule has 1 aromatic carbocycles. The Hall–Kier alpha value is -1.88. The lowest BCUT2D eigenvalue weighted by atomic mass is 10.1. The Bertz CT molecular complexity index is 605. The van der Waals surface area contributed by atoms with E-state index in [2.05, 4.69) is 5.10 Å². The number of aryl methyl sites for hydroxylation is 1. The van der Waals surface area contributed by atoms with Gasteiger partial charge in [-0.25, -0.2) is 0 Å². The van der Waals surface area contributed by atoms with Crippen molar-refractivity contribution in [3.63, 3.8) is 0 Å². The number of benzene rings is 1. The van der Waals surface area contributed by atoms with E-state index in [1.807, 2.05) is 6.07 Å². The SMILES string of the molecule is Cn1nc(-c2c(Cl)ccc3c2OCCCO3)cc1N. The van der Waals surface area contributed by atoms with Crippen molar-refractivity contribution in [2.45, 2.75) is 6.42 Å². The van der Waals surface area contributed by atoms with Gasteiger partial charge in [-0.3, -0.25) is 4.68 Å². The highest BCUT2D eigenvalue weighted by molar-refractivity contribution is 6.33. The summed E-state index contributed by atoms with van der Waals surface area (Å²) in [5, 5.41) is 4.92. The molecule has 0 atom stereocenters. The van der Waals surface area contributed by atoms with Crippen LogP contribution in [0, 0.1) is 0 Å². The maximum absolute atomic E-state index is 6.28. The monoisotopic (exact) mass is 279 g/mol. The minimum atomic E-state index is 0.568. The molecule has 0 bridgehead atoms. The highest BCUT2D eigenvalue weighted by atomic mass is 35.5. The van der Waals surface area contributed by atoms with Gasteiger partial charge in [-0.2, -0.15) is 5.10 Å². The fourth-order valence-electron chi connectivity index (χ4n) is 2.05. The third kappa shape index (κ3) is 2.10. The van der Waals surface area contributed by atoms with Gasteiger partial charge in [-0.15, -0.1) is 0 Å². The lowest BCUT2D eigenvalue weighted by Crippen LogP contribution is -1.98. The largest absolute Gasteiger partial charge is 0.490 e. The predicted molar refractivity (Wildman–Crippen MR) is 73.7 cm³/mol. The molecule has 0 fully saturated rings. The smallest absolute Gasteiger partial charge is 0.172 e. The fraction of sp³-hybridized carbons (Fsp3) is 0.308. The number of hydrogen-bond acceptors (Lipinski definition) is 4. The topological polar surface area (TPSA) is 62.3 Å². The van der Waals surface area contributed by atoms with Gasteiger partial charge in [-0.05, 0) is 12.1 Å². The molecule has 0 unspecified atom stereocenters. The van der Waals surface area contributed by atoms with Crippen LogP contribution in [0.5, 0.6) is 11.5 Å². The zero-order chi connectivity index (χ0) is 13.4. The van der Waals surface area contributed by atoms with Crippen molar-refractivity contribution in [1.82, 2.24) is 9.78 Å². The molecule has 0 saturated carbocycles. The Morgan fingerprint density at radius 2 is 2.11 bits per heavy atom. The van der Waals surface area contributed by atoms with Crippen molar-refractivity contribution in [3.8, 4) is 22.8 Å². The molecule has 1 aliphatic rings. The summed E-state index contributed by atoms with van der Waals surface area (Å²) in [6, 6.07) is 5.38. The van der Waals surface area contributed by atoms with E-state index in [0.717, 1.165) is 12.0 Å². The predicted octanol–water partition coefficient (Wildman–Crippen LogP) is 2.48. The van der Waals surface area contributed by atoms with Crippen LogP contribution in [-0.2, 0) is 7.05 Å². The van der Waals surface area contributed by atoms with Gasteiger partial charge in [0, 0.05) is 19.5 Å². The molecule has 0 saturated heterocycles. The summed E-state index contributed by atoms with van der Waals surface area (Å²) < 4.78 is 13.0. The summed E-state index contributed by atoms with van der Waals surface area (Å²) in [6.45, 7) is 1.24. The molecule has 0 spiro atoms. The Kier molecular flexibility index (Phi) is 2.98.